The maximum Gasteiger partial charge on any atom is 0.223 e. The Morgan fingerprint density at radius 1 is 0.281 bits per heavy atom. The first-order chi connectivity index (χ1) is 28.1. The Hall–Kier alpha value is -1.44. The fraction of sp³-hybridized carbons (Fsp3) is 0.920. The molecule has 7 heteroatoms. The normalized spacial score (nSPS) is 13.6. The first-order valence-corrected chi connectivity index (χ1v) is 24.9. The molecule has 0 bridgehead atoms. The number of rotatable bonds is 46. The van der Waals surface area contributed by atoms with E-state index in [1.54, 1.807) is 0 Å². The third-order valence-corrected chi connectivity index (χ3v) is 10.3. The van der Waals surface area contributed by atoms with Crippen molar-refractivity contribution in [3.05, 3.63) is 23.0 Å². The molecule has 0 N–H and O–H groups in total. The van der Waals surface area contributed by atoms with Crippen molar-refractivity contribution in [2.24, 2.45) is 0 Å². The molecule has 0 amide bonds. The SMILES string of the molecule is CCCCCCCCCOC(OC(OCCCCCCCCC)C(OCCCC)=C(CCCCC)OCCCC)C(OCCCC)=C(CCCCC)OCCCC. The standard InChI is InChI=1S/C50H98O7/c1-9-17-25-27-29-31-35-43-55-49(47(53-41-23-15-7)45(37-33-19-11-3)51-39-21-13-5)57-50(56-44-36-32-30-28-26-18-10-2)48(54-42-24-16-8)46(38-34-20-12-4)52-40-22-14-6/h49-50H,9-44H2,1-8H3. The monoisotopic (exact) mass is 811 g/mol. The van der Waals surface area contributed by atoms with Gasteiger partial charge in [-0.1, -0.05) is 184 Å². The van der Waals surface area contributed by atoms with Gasteiger partial charge in [0.1, 0.15) is 11.5 Å². The maximum absolute atomic E-state index is 7.17. The molecule has 7 nitrogen and oxygen atoms in total. The number of ether oxygens (including phenoxy) is 7. The zero-order valence-electron chi connectivity index (χ0n) is 39.5. The minimum Gasteiger partial charge on any atom is -0.494 e. The Morgan fingerprint density at radius 2 is 0.561 bits per heavy atom. The van der Waals surface area contributed by atoms with Crippen LogP contribution < -0.4 is 0 Å². The minimum atomic E-state index is -0.795. The van der Waals surface area contributed by atoms with E-state index in [0.717, 1.165) is 140 Å². The second-order valence-corrected chi connectivity index (χ2v) is 16.1. The largest absolute Gasteiger partial charge is 0.494 e. The van der Waals surface area contributed by atoms with Gasteiger partial charge in [-0.3, -0.25) is 0 Å². The van der Waals surface area contributed by atoms with Gasteiger partial charge in [0.15, 0.2) is 11.5 Å². The summed E-state index contributed by atoms with van der Waals surface area (Å²) < 4.78 is 47.6. The summed E-state index contributed by atoms with van der Waals surface area (Å²) in [5.41, 5.74) is 0. The summed E-state index contributed by atoms with van der Waals surface area (Å²) >= 11 is 0. The summed E-state index contributed by atoms with van der Waals surface area (Å²) in [5.74, 6) is 3.08. The zero-order valence-corrected chi connectivity index (χ0v) is 39.5. The molecule has 0 aliphatic rings. The average Bonchev–Trinajstić information content (AvgIpc) is 3.21. The average molecular weight is 811 g/mol. The quantitative estimate of drug-likeness (QED) is 0.0345. The number of hydrogen-bond donors (Lipinski definition) is 0. The van der Waals surface area contributed by atoms with Crippen molar-refractivity contribution < 1.29 is 33.2 Å². The summed E-state index contributed by atoms with van der Waals surface area (Å²) in [6, 6.07) is 0. The maximum atomic E-state index is 7.17. The molecule has 0 fully saturated rings. The first-order valence-electron chi connectivity index (χ1n) is 24.9. The molecule has 0 heterocycles. The Labute approximate surface area is 355 Å². The van der Waals surface area contributed by atoms with Gasteiger partial charge in [-0.15, -0.1) is 0 Å². The predicted octanol–water partition coefficient (Wildman–Crippen LogP) is 16.0. The van der Waals surface area contributed by atoms with E-state index >= 15 is 0 Å². The summed E-state index contributed by atoms with van der Waals surface area (Å²) in [7, 11) is 0. The molecule has 0 aliphatic carbocycles. The second-order valence-electron chi connectivity index (χ2n) is 16.1. The number of unbranched alkanes of at least 4 members (excludes halogenated alkanes) is 20. The third kappa shape index (κ3) is 32.1. The van der Waals surface area contributed by atoms with Crippen molar-refractivity contribution in [2.75, 3.05) is 39.6 Å². The van der Waals surface area contributed by atoms with E-state index < -0.39 is 12.6 Å². The number of allylic oxidation sites excluding steroid dienone is 2. The van der Waals surface area contributed by atoms with Crippen molar-refractivity contribution in [1.29, 1.82) is 0 Å². The van der Waals surface area contributed by atoms with Crippen molar-refractivity contribution in [3.8, 4) is 0 Å². The molecular weight excluding hydrogens is 713 g/mol. The molecule has 0 saturated carbocycles. The zero-order chi connectivity index (χ0) is 41.9. The summed E-state index contributed by atoms with van der Waals surface area (Å²) in [6.45, 7) is 21.5. The predicted molar refractivity (Wildman–Crippen MR) is 242 cm³/mol. The van der Waals surface area contributed by atoms with Crippen LogP contribution in [0, 0.1) is 0 Å². The first kappa shape index (κ1) is 55.6. The van der Waals surface area contributed by atoms with E-state index in [1.807, 2.05) is 0 Å². The van der Waals surface area contributed by atoms with Crippen LogP contribution in [0.25, 0.3) is 0 Å². The Morgan fingerprint density at radius 3 is 0.895 bits per heavy atom. The van der Waals surface area contributed by atoms with Crippen molar-refractivity contribution in [1.82, 2.24) is 0 Å². The fourth-order valence-electron chi connectivity index (χ4n) is 6.46. The van der Waals surface area contributed by atoms with E-state index in [2.05, 4.69) is 55.4 Å². The van der Waals surface area contributed by atoms with Crippen LogP contribution in [0.1, 0.15) is 248 Å². The summed E-state index contributed by atoms with van der Waals surface area (Å²) in [5, 5.41) is 0. The highest BCUT2D eigenvalue weighted by Gasteiger charge is 2.32. The molecule has 0 spiro atoms. The second kappa shape index (κ2) is 44.1. The highest BCUT2D eigenvalue weighted by atomic mass is 16.8. The van der Waals surface area contributed by atoms with E-state index in [-0.39, 0.29) is 0 Å². The van der Waals surface area contributed by atoms with E-state index in [4.69, 9.17) is 33.2 Å². The minimum absolute atomic E-state index is 0.576. The Balaban J connectivity index is 7.15. The van der Waals surface area contributed by atoms with E-state index in [0.29, 0.717) is 51.2 Å². The van der Waals surface area contributed by atoms with Gasteiger partial charge in [-0.2, -0.15) is 0 Å². The lowest BCUT2D eigenvalue weighted by molar-refractivity contribution is -0.243. The van der Waals surface area contributed by atoms with Gasteiger partial charge >= 0.3 is 0 Å². The lowest BCUT2D eigenvalue weighted by Gasteiger charge is -2.30. The Bertz CT molecular complexity index is 794. The topological polar surface area (TPSA) is 64.6 Å². The molecule has 0 aliphatic heterocycles. The lowest BCUT2D eigenvalue weighted by atomic mass is 10.1. The van der Waals surface area contributed by atoms with Crippen LogP contribution in [0.2, 0.25) is 0 Å². The molecule has 0 aromatic carbocycles. The van der Waals surface area contributed by atoms with Crippen LogP contribution in [-0.2, 0) is 33.2 Å². The lowest BCUT2D eigenvalue weighted by Crippen LogP contribution is -2.34. The van der Waals surface area contributed by atoms with Gasteiger partial charge in [0.05, 0.1) is 39.6 Å². The van der Waals surface area contributed by atoms with E-state index in [9.17, 15) is 0 Å². The number of hydrogen-bond acceptors (Lipinski definition) is 7. The van der Waals surface area contributed by atoms with Gasteiger partial charge in [0.25, 0.3) is 0 Å². The van der Waals surface area contributed by atoms with Crippen LogP contribution in [-0.4, -0.2) is 52.2 Å². The fourth-order valence-corrected chi connectivity index (χ4v) is 6.46. The van der Waals surface area contributed by atoms with Gasteiger partial charge in [-0.05, 0) is 51.4 Å². The third-order valence-electron chi connectivity index (χ3n) is 10.3. The van der Waals surface area contributed by atoms with Gasteiger partial charge < -0.3 is 33.2 Å². The van der Waals surface area contributed by atoms with Crippen molar-refractivity contribution in [2.45, 2.75) is 261 Å². The molecule has 0 radical (unpaired) electrons. The molecule has 0 aromatic heterocycles. The summed E-state index contributed by atoms with van der Waals surface area (Å²) in [4.78, 5) is 0. The van der Waals surface area contributed by atoms with Crippen molar-refractivity contribution >= 4 is 0 Å². The van der Waals surface area contributed by atoms with Gasteiger partial charge in [-0.25, -0.2) is 0 Å². The molecule has 2 unspecified atom stereocenters. The molecule has 0 rings (SSSR count). The summed E-state index contributed by atoms with van der Waals surface area (Å²) in [6.07, 6.45) is 31.7. The Kier molecular flexibility index (Phi) is 43.0. The van der Waals surface area contributed by atoms with Gasteiger partial charge in [0, 0.05) is 12.8 Å². The molecule has 0 saturated heterocycles. The highest BCUT2D eigenvalue weighted by molar-refractivity contribution is 5.09. The molecule has 340 valence electrons. The van der Waals surface area contributed by atoms with Crippen LogP contribution in [0.5, 0.6) is 0 Å². The molecule has 0 aromatic rings. The van der Waals surface area contributed by atoms with Crippen LogP contribution >= 0.6 is 0 Å². The van der Waals surface area contributed by atoms with Crippen LogP contribution in [0.3, 0.4) is 0 Å². The van der Waals surface area contributed by atoms with Crippen LogP contribution in [0.4, 0.5) is 0 Å². The highest BCUT2D eigenvalue weighted by Crippen LogP contribution is 2.29. The molecular formula is C50H98O7. The molecule has 2 atom stereocenters. The van der Waals surface area contributed by atoms with E-state index in [1.165, 1.54) is 64.2 Å². The molecule has 57 heavy (non-hydrogen) atoms. The van der Waals surface area contributed by atoms with Crippen LogP contribution in [0.15, 0.2) is 23.0 Å². The van der Waals surface area contributed by atoms with Gasteiger partial charge in [0.2, 0.25) is 12.6 Å². The smallest absolute Gasteiger partial charge is 0.223 e. The van der Waals surface area contributed by atoms with Crippen molar-refractivity contribution in [3.63, 3.8) is 0 Å².